The third kappa shape index (κ3) is 8.11. The number of carbonyl (C=O) groups excluding carboxylic acids is 6. The summed E-state index contributed by atoms with van der Waals surface area (Å²) in [6.45, 7) is 11.3. The van der Waals surface area contributed by atoms with Gasteiger partial charge in [0.1, 0.15) is 35.6 Å². The lowest BCUT2D eigenvalue weighted by Crippen LogP contribution is -2.60. The van der Waals surface area contributed by atoms with Crippen LogP contribution in [0.3, 0.4) is 0 Å². The van der Waals surface area contributed by atoms with E-state index in [1.807, 2.05) is 11.8 Å². The average Bonchev–Trinajstić information content (AvgIpc) is 3.71. The molecule has 1 aromatic heterocycles. The van der Waals surface area contributed by atoms with Crippen molar-refractivity contribution >= 4 is 36.0 Å². The van der Waals surface area contributed by atoms with Gasteiger partial charge in [0.2, 0.25) is 0 Å². The number of ketones is 2. The van der Waals surface area contributed by atoms with Gasteiger partial charge in [-0.05, 0) is 60.2 Å². The van der Waals surface area contributed by atoms with Crippen LogP contribution in [0.15, 0.2) is 18.5 Å². The molecule has 3 aliphatic rings. The highest BCUT2D eigenvalue weighted by molar-refractivity contribution is 6.00. The number of likely N-dealkylation sites (N-methyl/N-ethyl adjacent to an activating group) is 1. The van der Waals surface area contributed by atoms with E-state index in [-0.39, 0.29) is 36.3 Å². The zero-order valence-corrected chi connectivity index (χ0v) is 30.2. The van der Waals surface area contributed by atoms with Crippen LogP contribution in [0.25, 0.3) is 0 Å². The van der Waals surface area contributed by atoms with Crippen molar-refractivity contribution in [1.82, 2.24) is 14.8 Å². The zero-order valence-electron chi connectivity index (χ0n) is 30.2. The predicted octanol–water partition coefficient (Wildman–Crippen LogP) is 2.74. The SMILES string of the molecule is CC[C@H]1OC(=O)[C@H](C)C(=O)[C@H](C)C(OC2O[C@H](C)C[C@H](N(C)C)[C@H]2O)[C@](C)(OC(=O)n2ccc(C=O)c2)C[C@@H](C)C(=O)[C@H](C)[C@@H]2NC(=O)O[C@@H]21. The Balaban J connectivity index is 1.84. The molecule has 3 fully saturated rings. The van der Waals surface area contributed by atoms with Crippen LogP contribution in [-0.2, 0) is 38.1 Å². The number of nitrogens with one attached hydrogen (secondary N) is 1. The van der Waals surface area contributed by atoms with E-state index in [4.69, 9.17) is 23.7 Å². The summed E-state index contributed by atoms with van der Waals surface area (Å²) in [7, 11) is 3.61. The largest absolute Gasteiger partial charge is 0.458 e. The molecular weight excluding hydrogens is 654 g/mol. The third-order valence-electron chi connectivity index (χ3n) is 10.3. The van der Waals surface area contributed by atoms with Crippen LogP contribution in [0.2, 0.25) is 0 Å². The molecule has 4 rings (SSSR count). The van der Waals surface area contributed by atoms with Crippen molar-refractivity contribution in [2.45, 2.75) is 122 Å². The number of hydrogen-bond acceptors (Lipinski definition) is 13. The van der Waals surface area contributed by atoms with Gasteiger partial charge in [-0.15, -0.1) is 0 Å². The van der Waals surface area contributed by atoms with Gasteiger partial charge in [0.05, 0.1) is 12.1 Å². The number of aliphatic hydroxyl groups excluding tert-OH is 1. The highest BCUT2D eigenvalue weighted by atomic mass is 16.7. The number of hydrogen-bond donors (Lipinski definition) is 2. The minimum absolute atomic E-state index is 0.177. The number of carbonyl (C=O) groups is 6. The molecule has 0 aromatic carbocycles. The minimum atomic E-state index is -1.78. The van der Waals surface area contributed by atoms with E-state index in [1.165, 1.54) is 39.2 Å². The molecule has 1 amide bonds. The fourth-order valence-electron chi connectivity index (χ4n) is 7.45. The highest BCUT2D eigenvalue weighted by Crippen LogP contribution is 2.38. The molecule has 0 bridgehead atoms. The molecule has 0 spiro atoms. The fraction of sp³-hybridized carbons (Fsp3) is 0.714. The summed E-state index contributed by atoms with van der Waals surface area (Å²) in [5.74, 6) is -6.02. The molecule has 2 unspecified atom stereocenters. The number of aromatic nitrogens is 1. The first-order chi connectivity index (χ1) is 23.4. The van der Waals surface area contributed by atoms with Gasteiger partial charge in [0, 0.05) is 41.8 Å². The maximum atomic E-state index is 14.2. The van der Waals surface area contributed by atoms with Gasteiger partial charge in [-0.1, -0.05) is 27.7 Å². The van der Waals surface area contributed by atoms with E-state index >= 15 is 0 Å². The second-order valence-electron chi connectivity index (χ2n) is 14.4. The van der Waals surface area contributed by atoms with E-state index in [1.54, 1.807) is 34.9 Å². The highest BCUT2D eigenvalue weighted by Gasteiger charge is 2.53. The van der Waals surface area contributed by atoms with Crippen molar-refractivity contribution in [3.8, 4) is 0 Å². The number of fused-ring (bicyclic) bond motifs is 1. The van der Waals surface area contributed by atoms with Crippen LogP contribution in [0.5, 0.6) is 0 Å². The lowest BCUT2D eigenvalue weighted by molar-refractivity contribution is -0.292. The molecule has 4 heterocycles. The summed E-state index contributed by atoms with van der Waals surface area (Å²) in [4.78, 5) is 81.3. The van der Waals surface area contributed by atoms with Crippen LogP contribution >= 0.6 is 0 Å². The van der Waals surface area contributed by atoms with Crippen molar-refractivity contribution in [2.75, 3.05) is 14.1 Å². The Morgan fingerprint density at radius 2 is 1.78 bits per heavy atom. The topological polar surface area (TPSA) is 189 Å². The maximum Gasteiger partial charge on any atom is 0.418 e. The van der Waals surface area contributed by atoms with Crippen molar-refractivity contribution < 1.29 is 57.6 Å². The van der Waals surface area contributed by atoms with Crippen LogP contribution in [-0.4, -0.2) is 119 Å². The third-order valence-corrected chi connectivity index (χ3v) is 10.3. The summed E-state index contributed by atoms with van der Waals surface area (Å²) in [5, 5.41) is 14.1. The van der Waals surface area contributed by atoms with Gasteiger partial charge in [0.15, 0.2) is 24.5 Å². The van der Waals surface area contributed by atoms with Gasteiger partial charge in [-0.3, -0.25) is 23.7 Å². The van der Waals surface area contributed by atoms with Crippen LogP contribution in [0, 0.1) is 23.7 Å². The molecule has 3 aliphatic heterocycles. The van der Waals surface area contributed by atoms with E-state index in [9.17, 15) is 33.9 Å². The number of nitrogens with zero attached hydrogens (tertiary/aromatic N) is 2. The molecule has 2 N–H and O–H groups in total. The quantitative estimate of drug-likeness (QED) is 0.190. The molecule has 15 heteroatoms. The smallest absolute Gasteiger partial charge is 0.418 e. The number of Topliss-reactive ketones (excluding diaryl/α,β-unsaturated/α-hetero) is 2. The molecular formula is C35H51N3O12. The molecule has 0 aliphatic carbocycles. The van der Waals surface area contributed by atoms with Gasteiger partial charge in [-0.2, -0.15) is 0 Å². The molecule has 0 saturated carbocycles. The molecule has 0 radical (unpaired) electrons. The van der Waals surface area contributed by atoms with E-state index < -0.39 is 90.0 Å². The number of cyclic esters (lactones) is 1. The Labute approximate surface area is 292 Å². The number of aliphatic hydroxyl groups is 1. The lowest BCUT2D eigenvalue weighted by Gasteiger charge is -2.46. The second kappa shape index (κ2) is 15.7. The van der Waals surface area contributed by atoms with Crippen molar-refractivity contribution in [2.24, 2.45) is 23.7 Å². The normalized spacial score (nSPS) is 38.8. The monoisotopic (exact) mass is 705 g/mol. The zero-order chi connectivity index (χ0) is 37.2. The number of aldehydes is 1. The van der Waals surface area contributed by atoms with E-state index in [0.29, 0.717) is 12.7 Å². The Kier molecular flexibility index (Phi) is 12.3. The number of amides is 1. The Hall–Kier alpha value is -3.66. The lowest BCUT2D eigenvalue weighted by atomic mass is 9.75. The molecule has 278 valence electrons. The van der Waals surface area contributed by atoms with Gasteiger partial charge in [-0.25, -0.2) is 9.59 Å². The van der Waals surface area contributed by atoms with Crippen molar-refractivity contribution in [1.29, 1.82) is 0 Å². The van der Waals surface area contributed by atoms with Gasteiger partial charge in [0.25, 0.3) is 0 Å². The molecule has 1 aromatic rings. The minimum Gasteiger partial charge on any atom is -0.458 e. The molecule has 50 heavy (non-hydrogen) atoms. The first kappa shape index (κ1) is 39.1. The molecule has 15 nitrogen and oxygen atoms in total. The predicted molar refractivity (Wildman–Crippen MR) is 176 cm³/mol. The Morgan fingerprint density at radius 3 is 2.38 bits per heavy atom. The summed E-state index contributed by atoms with van der Waals surface area (Å²) < 4.78 is 31.1. The number of alkyl carbamates (subject to hydrolysis) is 1. The fourth-order valence-corrected chi connectivity index (χ4v) is 7.45. The Bertz CT molecular complexity index is 1450. The number of rotatable bonds is 6. The summed E-state index contributed by atoms with van der Waals surface area (Å²) >= 11 is 0. The summed E-state index contributed by atoms with van der Waals surface area (Å²) in [5.41, 5.74) is -1.57. The summed E-state index contributed by atoms with van der Waals surface area (Å²) in [6.07, 6.45) is -4.15. The summed E-state index contributed by atoms with van der Waals surface area (Å²) in [6, 6.07) is 0.167. The van der Waals surface area contributed by atoms with Crippen molar-refractivity contribution in [3.63, 3.8) is 0 Å². The van der Waals surface area contributed by atoms with Gasteiger partial charge >= 0.3 is 18.2 Å². The number of ether oxygens (including phenoxy) is 5. The van der Waals surface area contributed by atoms with Gasteiger partial charge < -0.3 is 39.0 Å². The standard InChI is InChI=1S/C35H51N3O12/c1-10-24-29-25(36-33(44)48-29)19(4)26(40)17(2)14-35(7,50-34(45)38-12-11-22(15-38)16-39)30(20(5)27(41)21(6)31(43)47-24)49-32-28(42)23(37(8)9)13-18(3)46-32/h11-12,15-21,23-25,28-30,32,42H,10,13-14H2,1-9H3,(H,36,44)/t17-,18-,19-,20+,21-,23+,24-,25+,28-,29-,30?,32?,35-/m1/s1. The van der Waals surface area contributed by atoms with Crippen LogP contribution in [0.1, 0.15) is 78.1 Å². The Morgan fingerprint density at radius 1 is 1.10 bits per heavy atom. The van der Waals surface area contributed by atoms with Crippen molar-refractivity contribution in [3.05, 3.63) is 24.0 Å². The van der Waals surface area contributed by atoms with Crippen LogP contribution < -0.4 is 5.32 Å². The maximum absolute atomic E-state index is 14.2. The average molecular weight is 706 g/mol. The number of esters is 1. The van der Waals surface area contributed by atoms with E-state index in [0.717, 1.165) is 4.57 Å². The molecule has 3 saturated heterocycles. The second-order valence-corrected chi connectivity index (χ2v) is 14.4. The van der Waals surface area contributed by atoms with Crippen LogP contribution in [0.4, 0.5) is 9.59 Å². The first-order valence-corrected chi connectivity index (χ1v) is 17.2. The van der Waals surface area contributed by atoms with E-state index in [2.05, 4.69) is 5.32 Å². The first-order valence-electron chi connectivity index (χ1n) is 17.2. The molecule has 13 atom stereocenters.